The van der Waals surface area contributed by atoms with Crippen LogP contribution in [0.25, 0.3) is 22.2 Å². The lowest BCUT2D eigenvalue weighted by atomic mass is 9.97. The number of alkyl halides is 3. The number of nitrogens with one attached hydrogen (secondary N) is 2. The largest absolute Gasteiger partial charge is 0.421 e. The van der Waals surface area contributed by atoms with Crippen LogP contribution in [0.15, 0.2) is 53.6 Å². The number of hydrogen-bond donors (Lipinski definition) is 3. The highest BCUT2D eigenvalue weighted by Gasteiger charge is 2.51. The first kappa shape index (κ1) is 21.5. The Hall–Kier alpha value is -3.73. The Kier molecular flexibility index (Phi) is 5.00. The first-order chi connectivity index (χ1) is 15.0. The minimum absolute atomic E-state index is 0.0269. The SMILES string of the molecule is Cn1c(=O)c(Nc2ccc(C(C)(O)C(F)(F)F)cn2)cc2c(F)c(-c3cc[nH]n3)ccc21. The summed E-state index contributed by atoms with van der Waals surface area (Å²) in [5.41, 5.74) is -3.08. The van der Waals surface area contributed by atoms with Gasteiger partial charge in [0, 0.05) is 36.0 Å². The van der Waals surface area contributed by atoms with Gasteiger partial charge in [0.2, 0.25) is 0 Å². The zero-order valence-corrected chi connectivity index (χ0v) is 16.8. The van der Waals surface area contributed by atoms with Gasteiger partial charge in [-0.15, -0.1) is 0 Å². The summed E-state index contributed by atoms with van der Waals surface area (Å²) >= 11 is 0. The Balaban J connectivity index is 1.74. The zero-order valence-electron chi connectivity index (χ0n) is 16.8. The van der Waals surface area contributed by atoms with Gasteiger partial charge >= 0.3 is 6.18 Å². The average molecular weight is 447 g/mol. The highest BCUT2D eigenvalue weighted by Crippen LogP contribution is 2.38. The van der Waals surface area contributed by atoms with E-state index in [1.165, 1.54) is 29.8 Å². The molecule has 3 heterocycles. The molecule has 0 saturated heterocycles. The van der Waals surface area contributed by atoms with Crippen molar-refractivity contribution in [1.82, 2.24) is 19.7 Å². The van der Waals surface area contributed by atoms with Gasteiger partial charge in [-0.1, -0.05) is 6.07 Å². The summed E-state index contributed by atoms with van der Waals surface area (Å²) in [6.07, 6.45) is -2.47. The van der Waals surface area contributed by atoms with Gasteiger partial charge in [0.25, 0.3) is 5.56 Å². The second kappa shape index (κ2) is 7.45. The lowest BCUT2D eigenvalue weighted by molar-refractivity contribution is -0.259. The highest BCUT2D eigenvalue weighted by molar-refractivity contribution is 5.88. The monoisotopic (exact) mass is 447 g/mol. The summed E-state index contributed by atoms with van der Waals surface area (Å²) in [6, 6.07) is 8.27. The molecule has 0 amide bonds. The number of fused-ring (bicyclic) bond motifs is 1. The van der Waals surface area contributed by atoms with Crippen molar-refractivity contribution < 1.29 is 22.7 Å². The second-order valence-corrected chi connectivity index (χ2v) is 7.37. The number of pyridine rings is 2. The number of rotatable bonds is 4. The second-order valence-electron chi connectivity index (χ2n) is 7.37. The minimum atomic E-state index is -4.89. The molecule has 1 unspecified atom stereocenters. The van der Waals surface area contributed by atoms with Crippen LogP contribution >= 0.6 is 0 Å². The summed E-state index contributed by atoms with van der Waals surface area (Å²) in [4.78, 5) is 16.6. The molecular formula is C21H17F4N5O2. The van der Waals surface area contributed by atoms with Crippen molar-refractivity contribution in [3.05, 3.63) is 70.5 Å². The van der Waals surface area contributed by atoms with E-state index in [1.807, 2.05) is 0 Å². The molecule has 7 nitrogen and oxygen atoms in total. The molecule has 32 heavy (non-hydrogen) atoms. The van der Waals surface area contributed by atoms with Gasteiger partial charge in [0.05, 0.1) is 11.2 Å². The molecule has 166 valence electrons. The third kappa shape index (κ3) is 3.50. The fourth-order valence-corrected chi connectivity index (χ4v) is 3.26. The van der Waals surface area contributed by atoms with Crippen molar-refractivity contribution in [2.75, 3.05) is 5.32 Å². The maximum Gasteiger partial charge on any atom is 0.421 e. The molecule has 0 aliphatic rings. The molecular weight excluding hydrogens is 430 g/mol. The summed E-state index contributed by atoms with van der Waals surface area (Å²) < 4.78 is 55.5. The van der Waals surface area contributed by atoms with E-state index in [2.05, 4.69) is 20.5 Å². The van der Waals surface area contributed by atoms with Crippen molar-refractivity contribution in [3.63, 3.8) is 0 Å². The number of halogens is 4. The number of nitrogens with zero attached hydrogens (tertiary/aromatic N) is 3. The minimum Gasteiger partial charge on any atom is -0.376 e. The van der Waals surface area contributed by atoms with Crippen molar-refractivity contribution in [2.45, 2.75) is 18.7 Å². The maximum absolute atomic E-state index is 15.2. The summed E-state index contributed by atoms with van der Waals surface area (Å²) in [6.45, 7) is 0.621. The number of aromatic amines is 1. The predicted molar refractivity (Wildman–Crippen MR) is 110 cm³/mol. The molecule has 0 radical (unpaired) electrons. The van der Waals surface area contributed by atoms with Crippen LogP contribution in [0, 0.1) is 5.82 Å². The lowest BCUT2D eigenvalue weighted by Gasteiger charge is -2.26. The number of aryl methyl sites for hydroxylation is 1. The van der Waals surface area contributed by atoms with E-state index >= 15 is 4.39 Å². The molecule has 0 bridgehead atoms. The van der Waals surface area contributed by atoms with Crippen LogP contribution in [0.3, 0.4) is 0 Å². The number of anilines is 2. The van der Waals surface area contributed by atoms with Gasteiger partial charge in [-0.2, -0.15) is 18.3 Å². The van der Waals surface area contributed by atoms with E-state index < -0.39 is 28.7 Å². The quantitative estimate of drug-likeness (QED) is 0.412. The Labute approximate surface area is 178 Å². The molecule has 3 aromatic heterocycles. The van der Waals surface area contributed by atoms with Gasteiger partial charge in [0.1, 0.15) is 17.3 Å². The van der Waals surface area contributed by atoms with Crippen LogP contribution < -0.4 is 10.9 Å². The van der Waals surface area contributed by atoms with Crippen LogP contribution in [0.4, 0.5) is 29.1 Å². The molecule has 4 rings (SSSR count). The predicted octanol–water partition coefficient (Wildman–Crippen LogP) is 3.98. The van der Waals surface area contributed by atoms with E-state index in [1.54, 1.807) is 18.3 Å². The fraction of sp³-hybridized carbons (Fsp3) is 0.190. The van der Waals surface area contributed by atoms with Crippen LogP contribution in [-0.2, 0) is 12.6 Å². The molecule has 1 atom stereocenters. The van der Waals surface area contributed by atoms with E-state index in [0.29, 0.717) is 18.1 Å². The normalized spacial score (nSPS) is 13.8. The van der Waals surface area contributed by atoms with Gasteiger partial charge in [-0.3, -0.25) is 9.89 Å². The highest BCUT2D eigenvalue weighted by atomic mass is 19.4. The Morgan fingerprint density at radius 2 is 1.91 bits per heavy atom. The molecule has 0 saturated carbocycles. The number of hydrogen-bond acceptors (Lipinski definition) is 5. The average Bonchev–Trinajstić information content (AvgIpc) is 3.26. The van der Waals surface area contributed by atoms with Crippen molar-refractivity contribution in [3.8, 4) is 11.3 Å². The summed E-state index contributed by atoms with van der Waals surface area (Å²) in [5, 5.41) is 19.2. The van der Waals surface area contributed by atoms with Crippen LogP contribution in [0.2, 0.25) is 0 Å². The van der Waals surface area contributed by atoms with Crippen molar-refractivity contribution in [2.24, 2.45) is 7.05 Å². The molecule has 0 spiro atoms. The van der Waals surface area contributed by atoms with E-state index in [4.69, 9.17) is 0 Å². The zero-order chi connectivity index (χ0) is 23.3. The van der Waals surface area contributed by atoms with Gasteiger partial charge in [-0.25, -0.2) is 9.37 Å². The third-order valence-electron chi connectivity index (χ3n) is 5.26. The molecule has 1 aromatic carbocycles. The summed E-state index contributed by atoms with van der Waals surface area (Å²) in [5.74, 6) is -0.537. The van der Waals surface area contributed by atoms with Gasteiger partial charge < -0.3 is 15.0 Å². The Morgan fingerprint density at radius 1 is 1.16 bits per heavy atom. The first-order valence-corrected chi connectivity index (χ1v) is 9.36. The number of aromatic nitrogens is 4. The molecule has 0 fully saturated rings. The van der Waals surface area contributed by atoms with Crippen LogP contribution in [0.5, 0.6) is 0 Å². The van der Waals surface area contributed by atoms with Gasteiger partial charge in [0.15, 0.2) is 5.60 Å². The number of H-pyrrole nitrogens is 1. The molecule has 0 aliphatic carbocycles. The molecule has 0 aliphatic heterocycles. The smallest absolute Gasteiger partial charge is 0.376 e. The topological polar surface area (TPSA) is 95.8 Å². The molecule has 3 N–H and O–H groups in total. The van der Waals surface area contributed by atoms with Crippen molar-refractivity contribution >= 4 is 22.4 Å². The van der Waals surface area contributed by atoms with E-state index in [9.17, 15) is 23.1 Å². The standard InChI is InChI=1S/C21H17F4N5O2/c1-20(32,21(23,24)25)11-3-6-17(26-10-11)28-15-9-13-16(30(2)19(15)31)5-4-12(18(13)22)14-7-8-27-29-14/h3-10,32H,1-2H3,(H,26,28)(H,27,29). The Bertz CT molecular complexity index is 1340. The third-order valence-corrected chi connectivity index (χ3v) is 5.26. The lowest BCUT2D eigenvalue weighted by Crippen LogP contribution is -2.39. The first-order valence-electron chi connectivity index (χ1n) is 9.36. The number of aliphatic hydroxyl groups is 1. The van der Waals surface area contributed by atoms with E-state index in [-0.39, 0.29) is 22.5 Å². The van der Waals surface area contributed by atoms with E-state index in [0.717, 1.165) is 12.3 Å². The number of benzene rings is 1. The molecule has 4 aromatic rings. The van der Waals surface area contributed by atoms with Crippen molar-refractivity contribution in [1.29, 1.82) is 0 Å². The Morgan fingerprint density at radius 3 is 2.50 bits per heavy atom. The van der Waals surface area contributed by atoms with Crippen LogP contribution in [-0.4, -0.2) is 31.0 Å². The summed E-state index contributed by atoms with van der Waals surface area (Å²) in [7, 11) is 1.47. The molecule has 11 heteroatoms. The fourth-order valence-electron chi connectivity index (χ4n) is 3.26. The maximum atomic E-state index is 15.2. The van der Waals surface area contributed by atoms with Gasteiger partial charge in [-0.05, 0) is 37.3 Å². The van der Waals surface area contributed by atoms with Crippen LogP contribution in [0.1, 0.15) is 12.5 Å².